The third kappa shape index (κ3) is 2.75. The lowest BCUT2D eigenvalue weighted by Crippen LogP contribution is -2.21. The van der Waals surface area contributed by atoms with E-state index in [2.05, 4.69) is 4.74 Å². The standard InChI is InChI=1S/C7H9NO3/c1-7(9)10-6-8-4-2-3-5-11-8/h2-5H,6H2,1H3. The van der Waals surface area contributed by atoms with Crippen LogP contribution in [0, 0.1) is 0 Å². The summed E-state index contributed by atoms with van der Waals surface area (Å²) < 4.78 is 4.66. The van der Waals surface area contributed by atoms with Gasteiger partial charge in [0.1, 0.15) is 6.26 Å². The third-order valence-corrected chi connectivity index (χ3v) is 1.03. The van der Waals surface area contributed by atoms with Crippen molar-refractivity contribution in [1.29, 1.82) is 0 Å². The minimum atomic E-state index is -0.323. The molecule has 1 aliphatic heterocycles. The number of rotatable bonds is 2. The highest BCUT2D eigenvalue weighted by atomic mass is 16.7. The number of ether oxygens (including phenoxy) is 1. The molecule has 0 unspecified atom stereocenters. The molecule has 60 valence electrons. The van der Waals surface area contributed by atoms with E-state index >= 15 is 0 Å². The molecule has 1 rings (SSSR count). The maximum absolute atomic E-state index is 10.3. The van der Waals surface area contributed by atoms with Crippen LogP contribution in [0.4, 0.5) is 0 Å². The van der Waals surface area contributed by atoms with E-state index in [1.165, 1.54) is 18.2 Å². The minimum absolute atomic E-state index is 0.121. The van der Waals surface area contributed by atoms with Crippen LogP contribution >= 0.6 is 0 Å². The molecule has 1 heterocycles. The van der Waals surface area contributed by atoms with E-state index in [1.54, 1.807) is 18.4 Å². The van der Waals surface area contributed by atoms with Crippen LogP contribution in [0.1, 0.15) is 6.92 Å². The first-order chi connectivity index (χ1) is 5.29. The van der Waals surface area contributed by atoms with Gasteiger partial charge in [-0.05, 0) is 12.2 Å². The molecule has 0 fully saturated rings. The highest BCUT2D eigenvalue weighted by molar-refractivity contribution is 5.65. The lowest BCUT2D eigenvalue weighted by atomic mass is 10.5. The summed E-state index contributed by atoms with van der Waals surface area (Å²) >= 11 is 0. The molecule has 4 nitrogen and oxygen atoms in total. The van der Waals surface area contributed by atoms with E-state index in [4.69, 9.17) is 4.84 Å². The zero-order valence-corrected chi connectivity index (χ0v) is 6.19. The monoisotopic (exact) mass is 155 g/mol. The van der Waals surface area contributed by atoms with Crippen LogP contribution < -0.4 is 0 Å². The average molecular weight is 155 g/mol. The van der Waals surface area contributed by atoms with Crippen molar-refractivity contribution in [2.45, 2.75) is 6.92 Å². The number of hydrogen-bond donors (Lipinski definition) is 0. The van der Waals surface area contributed by atoms with E-state index < -0.39 is 0 Å². The molecule has 0 spiro atoms. The van der Waals surface area contributed by atoms with Crippen molar-refractivity contribution in [3.8, 4) is 0 Å². The van der Waals surface area contributed by atoms with Gasteiger partial charge in [0.15, 0.2) is 6.73 Å². The summed E-state index contributed by atoms with van der Waals surface area (Å²) in [7, 11) is 0. The Kier molecular flexibility index (Phi) is 2.54. The first kappa shape index (κ1) is 7.65. The summed E-state index contributed by atoms with van der Waals surface area (Å²) in [5, 5.41) is 1.40. The Morgan fingerprint density at radius 1 is 1.64 bits per heavy atom. The molecule has 0 saturated heterocycles. The number of esters is 1. The zero-order chi connectivity index (χ0) is 8.10. The minimum Gasteiger partial charge on any atom is -0.441 e. The Morgan fingerprint density at radius 3 is 3.00 bits per heavy atom. The van der Waals surface area contributed by atoms with Gasteiger partial charge in [-0.1, -0.05) is 0 Å². The van der Waals surface area contributed by atoms with Gasteiger partial charge in [0, 0.05) is 13.1 Å². The summed E-state index contributed by atoms with van der Waals surface area (Å²) in [6, 6.07) is 0. The lowest BCUT2D eigenvalue weighted by Gasteiger charge is -2.18. The van der Waals surface area contributed by atoms with Gasteiger partial charge in [0.25, 0.3) is 0 Å². The maximum atomic E-state index is 10.3. The fourth-order valence-electron chi connectivity index (χ4n) is 0.567. The van der Waals surface area contributed by atoms with E-state index in [-0.39, 0.29) is 12.7 Å². The average Bonchev–Trinajstić information content (AvgIpc) is 2.03. The van der Waals surface area contributed by atoms with Crippen molar-refractivity contribution in [3.05, 3.63) is 24.6 Å². The van der Waals surface area contributed by atoms with E-state index in [9.17, 15) is 4.79 Å². The second-order valence-corrected chi connectivity index (χ2v) is 1.96. The highest BCUT2D eigenvalue weighted by Gasteiger charge is 2.01. The van der Waals surface area contributed by atoms with Gasteiger partial charge in [0.2, 0.25) is 0 Å². The molecule has 0 N–H and O–H groups in total. The SMILES string of the molecule is CC(=O)OCN1C=CC=CO1. The number of carbonyl (C=O) groups excluding carboxylic acids is 1. The van der Waals surface area contributed by atoms with E-state index in [1.807, 2.05) is 0 Å². The van der Waals surface area contributed by atoms with Crippen molar-refractivity contribution in [2.75, 3.05) is 6.73 Å². The molecule has 0 radical (unpaired) electrons. The van der Waals surface area contributed by atoms with Crippen LogP contribution in [0.15, 0.2) is 24.6 Å². The topological polar surface area (TPSA) is 38.8 Å². The summed E-state index contributed by atoms with van der Waals surface area (Å²) in [5.41, 5.74) is 0. The van der Waals surface area contributed by atoms with Gasteiger partial charge in [-0.2, -0.15) is 5.06 Å². The third-order valence-electron chi connectivity index (χ3n) is 1.03. The van der Waals surface area contributed by atoms with Crippen LogP contribution in [0.5, 0.6) is 0 Å². The normalized spacial score (nSPS) is 14.5. The molecule has 4 heteroatoms. The predicted octanol–water partition coefficient (Wildman–Crippen LogP) is 0.782. The first-order valence-corrected chi connectivity index (χ1v) is 3.19. The van der Waals surface area contributed by atoms with Gasteiger partial charge in [-0.15, -0.1) is 0 Å². The molecule has 0 amide bonds. The van der Waals surface area contributed by atoms with Gasteiger partial charge in [-0.25, -0.2) is 0 Å². The number of allylic oxidation sites excluding steroid dienone is 2. The van der Waals surface area contributed by atoms with Crippen LogP contribution in [0.2, 0.25) is 0 Å². The van der Waals surface area contributed by atoms with Gasteiger partial charge >= 0.3 is 5.97 Å². The zero-order valence-electron chi connectivity index (χ0n) is 6.19. The van der Waals surface area contributed by atoms with Crippen molar-refractivity contribution in [2.24, 2.45) is 0 Å². The molecular formula is C7H9NO3. The number of carbonyl (C=O) groups is 1. The predicted molar refractivity (Wildman–Crippen MR) is 37.8 cm³/mol. The Bertz CT molecular complexity index is 198. The summed E-state index contributed by atoms with van der Waals surface area (Å²) in [4.78, 5) is 15.3. The number of hydrogen-bond acceptors (Lipinski definition) is 4. The van der Waals surface area contributed by atoms with Crippen LogP contribution in [0.25, 0.3) is 0 Å². The molecule has 0 aromatic heterocycles. The molecule has 0 aliphatic carbocycles. The molecular weight excluding hydrogens is 146 g/mol. The molecule has 0 saturated carbocycles. The van der Waals surface area contributed by atoms with Gasteiger partial charge < -0.3 is 9.57 Å². The van der Waals surface area contributed by atoms with Crippen molar-refractivity contribution in [3.63, 3.8) is 0 Å². The van der Waals surface area contributed by atoms with Crippen LogP contribution in [-0.2, 0) is 14.4 Å². The second kappa shape index (κ2) is 3.65. The van der Waals surface area contributed by atoms with Crippen LogP contribution in [0.3, 0.4) is 0 Å². The Morgan fingerprint density at radius 2 is 2.45 bits per heavy atom. The van der Waals surface area contributed by atoms with E-state index in [0.717, 1.165) is 0 Å². The molecule has 0 aromatic carbocycles. The van der Waals surface area contributed by atoms with Gasteiger partial charge in [-0.3, -0.25) is 4.79 Å². The summed E-state index contributed by atoms with van der Waals surface area (Å²) in [6.45, 7) is 1.47. The molecule has 0 atom stereocenters. The first-order valence-electron chi connectivity index (χ1n) is 3.19. The maximum Gasteiger partial charge on any atom is 0.304 e. The smallest absolute Gasteiger partial charge is 0.304 e. The number of hydroxylamine groups is 2. The Balaban J connectivity index is 2.22. The van der Waals surface area contributed by atoms with Crippen molar-refractivity contribution >= 4 is 5.97 Å². The lowest BCUT2D eigenvalue weighted by molar-refractivity contribution is -0.165. The highest BCUT2D eigenvalue weighted by Crippen LogP contribution is 1.99. The number of nitrogens with zero attached hydrogens (tertiary/aromatic N) is 1. The largest absolute Gasteiger partial charge is 0.441 e. The Labute approximate surface area is 64.6 Å². The summed E-state index contributed by atoms with van der Waals surface area (Å²) in [5.74, 6) is -0.323. The van der Waals surface area contributed by atoms with Crippen LogP contribution in [-0.4, -0.2) is 17.8 Å². The Hall–Kier alpha value is -1.45. The van der Waals surface area contributed by atoms with Gasteiger partial charge in [0.05, 0.1) is 0 Å². The fraction of sp³-hybridized carbons (Fsp3) is 0.286. The van der Waals surface area contributed by atoms with E-state index in [0.29, 0.717) is 0 Å². The van der Waals surface area contributed by atoms with Crippen molar-refractivity contribution < 1.29 is 14.4 Å². The molecule has 11 heavy (non-hydrogen) atoms. The quantitative estimate of drug-likeness (QED) is 0.552. The molecule has 1 aliphatic rings. The van der Waals surface area contributed by atoms with Crippen molar-refractivity contribution in [1.82, 2.24) is 5.06 Å². The molecule has 0 aromatic rings. The molecule has 0 bridgehead atoms. The second-order valence-electron chi connectivity index (χ2n) is 1.96. The summed E-state index contributed by atoms with van der Waals surface area (Å²) in [6.07, 6.45) is 6.70. The fourth-order valence-corrected chi connectivity index (χ4v) is 0.567.